The minimum Gasteiger partial charge on any atom is -0.490 e. The molecule has 0 heterocycles. The van der Waals surface area contributed by atoms with Crippen molar-refractivity contribution in [1.29, 1.82) is 0 Å². The number of hydrogen-bond acceptors (Lipinski definition) is 6. The monoisotopic (exact) mass is 480 g/mol. The van der Waals surface area contributed by atoms with Crippen LogP contribution in [0.25, 0.3) is 0 Å². The molecule has 0 aliphatic rings. The van der Waals surface area contributed by atoms with E-state index >= 15 is 0 Å². The molecule has 2 rings (SSSR count). The smallest absolute Gasteiger partial charge is 0.330 e. The Balaban J connectivity index is 1.83. The molecule has 2 atom stereocenters. The van der Waals surface area contributed by atoms with E-state index < -0.39 is 11.9 Å². The molecule has 0 spiro atoms. The first kappa shape index (κ1) is 27.7. The van der Waals surface area contributed by atoms with Crippen molar-refractivity contribution in [2.75, 3.05) is 13.2 Å². The lowest BCUT2D eigenvalue weighted by Gasteiger charge is -2.25. The Morgan fingerprint density at radius 1 is 0.743 bits per heavy atom. The van der Waals surface area contributed by atoms with Gasteiger partial charge in [0.25, 0.3) is 0 Å². The number of carbonyl (C=O) groups is 2. The second-order valence-corrected chi connectivity index (χ2v) is 9.33. The number of esters is 2. The zero-order valence-corrected chi connectivity index (χ0v) is 21.1. The molecule has 2 aromatic carbocycles. The first-order valence-electron chi connectivity index (χ1n) is 11.7. The highest BCUT2D eigenvalue weighted by Gasteiger charge is 2.19. The van der Waals surface area contributed by atoms with Gasteiger partial charge in [0.2, 0.25) is 0 Å². The Morgan fingerprint density at radius 2 is 1.09 bits per heavy atom. The number of carbonyl (C=O) groups excluding carboxylic acids is 2. The summed E-state index contributed by atoms with van der Waals surface area (Å²) < 4.78 is 21.6. The van der Waals surface area contributed by atoms with Crippen molar-refractivity contribution >= 4 is 11.9 Å². The van der Waals surface area contributed by atoms with Gasteiger partial charge in [-0.2, -0.15) is 0 Å². The minimum absolute atomic E-state index is 0.0472. The van der Waals surface area contributed by atoms with Gasteiger partial charge < -0.3 is 18.9 Å². The molecule has 2 unspecified atom stereocenters. The number of benzene rings is 2. The summed E-state index contributed by atoms with van der Waals surface area (Å²) in [7, 11) is 0. The predicted octanol–water partition coefficient (Wildman–Crippen LogP) is 5.49. The van der Waals surface area contributed by atoms with Crippen LogP contribution in [0.15, 0.2) is 73.8 Å². The molecule has 0 aliphatic carbocycles. The summed E-state index contributed by atoms with van der Waals surface area (Å²) in [5, 5.41) is 0. The summed E-state index contributed by atoms with van der Waals surface area (Å²) in [6, 6.07) is 16.0. The molecule has 2 aromatic rings. The van der Waals surface area contributed by atoms with Gasteiger partial charge in [-0.1, -0.05) is 51.3 Å². The standard InChI is InChI=1S/C29H36O6/c1-7-27(30)34-21(3)19-32-25-13-9-23(10-14-25)17-29(5,6)18-24-11-15-26(16-12-24)33-20-22(4)35-28(31)8-2/h7-16,21-22H,1-2,17-20H2,3-6H3. The minimum atomic E-state index is -0.456. The third-order valence-electron chi connectivity index (χ3n) is 5.15. The van der Waals surface area contributed by atoms with Crippen molar-refractivity contribution in [2.45, 2.75) is 52.7 Å². The molecule has 0 aliphatic heterocycles. The summed E-state index contributed by atoms with van der Waals surface area (Å²) in [6.07, 6.45) is 3.39. The SMILES string of the molecule is C=CC(=O)OC(C)COc1ccc(CC(C)(C)Cc2ccc(OCC(C)OC(=O)C=C)cc2)cc1. The fourth-order valence-electron chi connectivity index (χ4n) is 3.56. The van der Waals surface area contributed by atoms with Gasteiger partial charge in [0.15, 0.2) is 0 Å². The van der Waals surface area contributed by atoms with Crippen molar-refractivity contribution in [3.63, 3.8) is 0 Å². The van der Waals surface area contributed by atoms with Gasteiger partial charge >= 0.3 is 11.9 Å². The molecular formula is C29H36O6. The molecule has 0 saturated heterocycles. The third kappa shape index (κ3) is 10.5. The molecule has 188 valence electrons. The summed E-state index contributed by atoms with van der Waals surface area (Å²) in [4.78, 5) is 22.5. The van der Waals surface area contributed by atoms with Gasteiger partial charge in [0.05, 0.1) is 0 Å². The van der Waals surface area contributed by atoms with Crippen LogP contribution in [0.5, 0.6) is 11.5 Å². The Hall–Kier alpha value is -3.54. The second kappa shape index (κ2) is 13.4. The van der Waals surface area contributed by atoms with Crippen molar-refractivity contribution < 1.29 is 28.5 Å². The Kier molecular flexibility index (Phi) is 10.6. The third-order valence-corrected chi connectivity index (χ3v) is 5.15. The van der Waals surface area contributed by atoms with Gasteiger partial charge in [-0.15, -0.1) is 0 Å². The summed E-state index contributed by atoms with van der Waals surface area (Å²) in [5.41, 5.74) is 2.49. The highest BCUT2D eigenvalue weighted by atomic mass is 16.6. The van der Waals surface area contributed by atoms with E-state index in [1.165, 1.54) is 11.1 Å². The molecule has 35 heavy (non-hydrogen) atoms. The van der Waals surface area contributed by atoms with E-state index in [2.05, 4.69) is 51.3 Å². The van der Waals surface area contributed by atoms with Crippen LogP contribution in [0.1, 0.15) is 38.8 Å². The van der Waals surface area contributed by atoms with Crippen LogP contribution in [0.3, 0.4) is 0 Å². The molecule has 6 nitrogen and oxygen atoms in total. The van der Waals surface area contributed by atoms with Crippen LogP contribution >= 0.6 is 0 Å². The molecule has 0 radical (unpaired) electrons. The summed E-state index contributed by atoms with van der Waals surface area (Å²) >= 11 is 0. The lowest BCUT2D eigenvalue weighted by molar-refractivity contribution is -0.144. The van der Waals surface area contributed by atoms with Gasteiger partial charge in [0, 0.05) is 12.2 Å². The normalized spacial score (nSPS) is 12.7. The summed E-state index contributed by atoms with van der Waals surface area (Å²) in [6.45, 7) is 15.4. The maximum Gasteiger partial charge on any atom is 0.330 e. The Bertz CT molecular complexity index is 896. The number of hydrogen-bond donors (Lipinski definition) is 0. The van der Waals surface area contributed by atoms with Gasteiger partial charge in [0.1, 0.15) is 36.9 Å². The van der Waals surface area contributed by atoms with Crippen LogP contribution in [0.2, 0.25) is 0 Å². The van der Waals surface area contributed by atoms with E-state index in [1.807, 2.05) is 24.3 Å². The fourth-order valence-corrected chi connectivity index (χ4v) is 3.56. The van der Waals surface area contributed by atoms with Gasteiger partial charge in [-0.3, -0.25) is 0 Å². The molecule has 0 bridgehead atoms. The van der Waals surface area contributed by atoms with Crippen LogP contribution in [0.4, 0.5) is 0 Å². The van der Waals surface area contributed by atoms with E-state index in [-0.39, 0.29) is 30.8 Å². The second-order valence-electron chi connectivity index (χ2n) is 9.33. The molecule has 0 amide bonds. The van der Waals surface area contributed by atoms with Crippen LogP contribution in [-0.2, 0) is 31.9 Å². The number of rotatable bonds is 14. The van der Waals surface area contributed by atoms with Crippen molar-refractivity contribution in [3.05, 3.63) is 85.0 Å². The van der Waals surface area contributed by atoms with E-state index in [1.54, 1.807) is 13.8 Å². The topological polar surface area (TPSA) is 71.1 Å². The average molecular weight is 481 g/mol. The molecule has 0 fully saturated rings. The van der Waals surface area contributed by atoms with E-state index in [0.717, 1.165) is 36.5 Å². The quantitative estimate of drug-likeness (QED) is 0.263. The predicted molar refractivity (Wildman–Crippen MR) is 137 cm³/mol. The first-order valence-corrected chi connectivity index (χ1v) is 11.7. The first-order chi connectivity index (χ1) is 16.6. The molecule has 0 aromatic heterocycles. The molecule has 0 N–H and O–H groups in total. The van der Waals surface area contributed by atoms with Crippen molar-refractivity contribution in [2.24, 2.45) is 5.41 Å². The Labute approximate surface area is 208 Å². The molecule has 6 heteroatoms. The molecular weight excluding hydrogens is 444 g/mol. The Morgan fingerprint density at radius 3 is 1.40 bits per heavy atom. The highest BCUT2D eigenvalue weighted by Crippen LogP contribution is 2.28. The zero-order chi connectivity index (χ0) is 25.8. The van der Waals surface area contributed by atoms with Gasteiger partial charge in [-0.25, -0.2) is 9.59 Å². The van der Waals surface area contributed by atoms with Crippen LogP contribution in [-0.4, -0.2) is 37.4 Å². The lowest BCUT2D eigenvalue weighted by atomic mass is 9.80. The van der Waals surface area contributed by atoms with E-state index in [0.29, 0.717) is 0 Å². The largest absolute Gasteiger partial charge is 0.490 e. The molecule has 0 saturated carbocycles. The van der Waals surface area contributed by atoms with E-state index in [9.17, 15) is 9.59 Å². The highest BCUT2D eigenvalue weighted by molar-refractivity contribution is 5.81. The summed E-state index contributed by atoms with van der Waals surface area (Å²) in [5.74, 6) is 0.554. The van der Waals surface area contributed by atoms with E-state index in [4.69, 9.17) is 18.9 Å². The maximum absolute atomic E-state index is 11.2. The fraction of sp³-hybridized carbons (Fsp3) is 0.379. The lowest BCUT2D eigenvalue weighted by Crippen LogP contribution is -2.21. The van der Waals surface area contributed by atoms with Crippen molar-refractivity contribution in [3.8, 4) is 11.5 Å². The number of ether oxygens (including phenoxy) is 4. The van der Waals surface area contributed by atoms with Crippen molar-refractivity contribution in [1.82, 2.24) is 0 Å². The average Bonchev–Trinajstić information content (AvgIpc) is 2.82. The van der Waals surface area contributed by atoms with Crippen LogP contribution in [0, 0.1) is 5.41 Å². The zero-order valence-electron chi connectivity index (χ0n) is 21.1. The van der Waals surface area contributed by atoms with Crippen LogP contribution < -0.4 is 9.47 Å². The van der Waals surface area contributed by atoms with Gasteiger partial charge in [-0.05, 0) is 67.5 Å². The maximum atomic E-state index is 11.2.